The van der Waals surface area contributed by atoms with Crippen LogP contribution in [0.25, 0.3) is 0 Å². The Morgan fingerprint density at radius 3 is 2.56 bits per heavy atom. The molecule has 2 amide bonds. The van der Waals surface area contributed by atoms with Gasteiger partial charge in [0.1, 0.15) is 16.9 Å². The molecule has 1 heterocycles. The Hall–Kier alpha value is -2.05. The maximum atomic E-state index is 12.7. The summed E-state index contributed by atoms with van der Waals surface area (Å²) in [5, 5.41) is 3.40. The first-order valence-electron chi connectivity index (χ1n) is 7.78. The van der Waals surface area contributed by atoms with E-state index in [1.54, 1.807) is 49.1 Å². The van der Waals surface area contributed by atoms with E-state index < -0.39 is 0 Å². The van der Waals surface area contributed by atoms with Crippen LogP contribution in [-0.4, -0.2) is 37.4 Å². The Morgan fingerprint density at radius 1 is 1.20 bits per heavy atom. The number of carbonyl (C=O) groups is 1. The molecular formula is C18H19ClN2O3S. The molecule has 0 saturated carbocycles. The van der Waals surface area contributed by atoms with Crippen LogP contribution in [0.2, 0.25) is 5.02 Å². The van der Waals surface area contributed by atoms with Crippen LogP contribution in [0.15, 0.2) is 42.5 Å². The van der Waals surface area contributed by atoms with E-state index in [1.165, 1.54) is 0 Å². The van der Waals surface area contributed by atoms with E-state index in [1.807, 2.05) is 24.3 Å². The van der Waals surface area contributed by atoms with Crippen LogP contribution < -0.4 is 14.8 Å². The minimum Gasteiger partial charge on any atom is -0.497 e. The molecule has 25 heavy (non-hydrogen) atoms. The molecule has 0 spiro atoms. The number of carbonyl (C=O) groups excluding carboxylic acids is 1. The first-order chi connectivity index (χ1) is 12.1. The predicted octanol–water partition coefficient (Wildman–Crippen LogP) is 4.64. The fourth-order valence-electron chi connectivity index (χ4n) is 2.69. The number of nitrogens with zero attached hydrogens (tertiary/aromatic N) is 1. The maximum Gasteiger partial charge on any atom is 0.323 e. The summed E-state index contributed by atoms with van der Waals surface area (Å²) in [7, 11) is 3.23. The van der Waals surface area contributed by atoms with Crippen molar-refractivity contribution >= 4 is 35.1 Å². The Bertz CT molecular complexity index is 749. The third-order valence-electron chi connectivity index (χ3n) is 3.89. The zero-order valence-electron chi connectivity index (χ0n) is 14.0. The van der Waals surface area contributed by atoms with E-state index in [2.05, 4.69) is 5.32 Å². The lowest BCUT2D eigenvalue weighted by molar-refractivity contribution is 0.214. The van der Waals surface area contributed by atoms with Gasteiger partial charge in [0.2, 0.25) is 0 Å². The number of hydrogen-bond donors (Lipinski definition) is 1. The largest absolute Gasteiger partial charge is 0.497 e. The van der Waals surface area contributed by atoms with Gasteiger partial charge >= 0.3 is 6.03 Å². The van der Waals surface area contributed by atoms with Gasteiger partial charge in [0.25, 0.3) is 0 Å². The second-order valence-corrected chi connectivity index (χ2v) is 7.13. The second-order valence-electron chi connectivity index (χ2n) is 5.50. The van der Waals surface area contributed by atoms with Gasteiger partial charge in [0.05, 0.1) is 14.2 Å². The molecule has 1 aliphatic rings. The minimum atomic E-state index is -0.154. The molecule has 0 radical (unpaired) electrons. The van der Waals surface area contributed by atoms with E-state index in [-0.39, 0.29) is 11.4 Å². The number of rotatable bonds is 4. The van der Waals surface area contributed by atoms with Crippen LogP contribution in [0.4, 0.5) is 10.5 Å². The summed E-state index contributed by atoms with van der Waals surface area (Å²) in [6.45, 7) is 0.668. The number of thioether (sulfide) groups is 1. The van der Waals surface area contributed by atoms with Crippen molar-refractivity contribution in [2.75, 3.05) is 31.8 Å². The van der Waals surface area contributed by atoms with Crippen molar-refractivity contribution in [1.82, 2.24) is 4.90 Å². The van der Waals surface area contributed by atoms with E-state index in [0.717, 1.165) is 11.3 Å². The molecule has 5 nitrogen and oxygen atoms in total. The van der Waals surface area contributed by atoms with Crippen LogP contribution in [0.3, 0.4) is 0 Å². The van der Waals surface area contributed by atoms with Gasteiger partial charge in [-0.1, -0.05) is 17.7 Å². The van der Waals surface area contributed by atoms with Crippen molar-refractivity contribution in [2.24, 2.45) is 0 Å². The summed E-state index contributed by atoms with van der Waals surface area (Å²) in [5.74, 6) is 2.28. The topological polar surface area (TPSA) is 50.8 Å². The Morgan fingerprint density at radius 2 is 1.92 bits per heavy atom. The molecule has 0 bridgehead atoms. The number of urea groups is 1. The summed E-state index contributed by atoms with van der Waals surface area (Å²) in [6.07, 6.45) is 0. The number of nitrogens with one attached hydrogen (secondary N) is 1. The maximum absolute atomic E-state index is 12.7. The SMILES string of the molecule is COc1cc(OC)cc([C@@H]2SCCN2C(=O)Nc2cccc(Cl)c2)c1. The molecule has 1 aliphatic heterocycles. The number of halogens is 1. The van der Waals surface area contributed by atoms with Gasteiger partial charge in [-0.3, -0.25) is 0 Å². The average molecular weight is 379 g/mol. The molecule has 1 saturated heterocycles. The Balaban J connectivity index is 1.81. The minimum absolute atomic E-state index is 0.0943. The van der Waals surface area contributed by atoms with Crippen molar-refractivity contribution in [1.29, 1.82) is 0 Å². The van der Waals surface area contributed by atoms with Gasteiger partial charge in [-0.05, 0) is 35.9 Å². The van der Waals surface area contributed by atoms with Gasteiger partial charge in [0, 0.05) is 29.1 Å². The zero-order chi connectivity index (χ0) is 17.8. The van der Waals surface area contributed by atoms with E-state index in [4.69, 9.17) is 21.1 Å². The molecule has 1 N–H and O–H groups in total. The lowest BCUT2D eigenvalue weighted by Crippen LogP contribution is -2.34. The number of ether oxygens (including phenoxy) is 2. The predicted molar refractivity (Wildman–Crippen MR) is 102 cm³/mol. The van der Waals surface area contributed by atoms with Crippen LogP contribution >= 0.6 is 23.4 Å². The quantitative estimate of drug-likeness (QED) is 0.842. The van der Waals surface area contributed by atoms with Gasteiger partial charge < -0.3 is 19.7 Å². The fraction of sp³-hybridized carbons (Fsp3) is 0.278. The highest BCUT2D eigenvalue weighted by Crippen LogP contribution is 2.40. The number of anilines is 1. The highest BCUT2D eigenvalue weighted by Gasteiger charge is 2.31. The molecule has 0 aromatic heterocycles. The average Bonchev–Trinajstić information content (AvgIpc) is 3.11. The summed E-state index contributed by atoms with van der Waals surface area (Å²) in [6, 6.07) is 12.7. The van der Waals surface area contributed by atoms with Gasteiger partial charge in [-0.15, -0.1) is 11.8 Å². The highest BCUT2D eigenvalue weighted by molar-refractivity contribution is 7.99. The number of hydrogen-bond acceptors (Lipinski definition) is 4. The number of benzene rings is 2. The first kappa shape index (κ1) is 17.8. The van der Waals surface area contributed by atoms with Crippen molar-refractivity contribution in [3.05, 3.63) is 53.1 Å². The van der Waals surface area contributed by atoms with Crippen LogP contribution in [0, 0.1) is 0 Å². The molecular weight excluding hydrogens is 360 g/mol. The molecule has 2 aromatic rings. The fourth-order valence-corrected chi connectivity index (χ4v) is 4.11. The molecule has 3 rings (SSSR count). The lowest BCUT2D eigenvalue weighted by Gasteiger charge is -2.25. The molecule has 1 fully saturated rings. The third kappa shape index (κ3) is 4.14. The molecule has 0 aliphatic carbocycles. The third-order valence-corrected chi connectivity index (χ3v) is 5.38. The van der Waals surface area contributed by atoms with E-state index in [9.17, 15) is 4.79 Å². The van der Waals surface area contributed by atoms with E-state index in [0.29, 0.717) is 28.8 Å². The normalized spacial score (nSPS) is 16.6. The van der Waals surface area contributed by atoms with Crippen molar-refractivity contribution < 1.29 is 14.3 Å². The molecule has 0 unspecified atom stereocenters. The number of amides is 2. The smallest absolute Gasteiger partial charge is 0.323 e. The van der Waals surface area contributed by atoms with Crippen LogP contribution in [0.5, 0.6) is 11.5 Å². The molecule has 2 aromatic carbocycles. The van der Waals surface area contributed by atoms with Gasteiger partial charge in [0.15, 0.2) is 0 Å². The zero-order valence-corrected chi connectivity index (χ0v) is 15.6. The first-order valence-corrected chi connectivity index (χ1v) is 9.21. The molecule has 7 heteroatoms. The molecule has 132 valence electrons. The monoisotopic (exact) mass is 378 g/mol. The summed E-state index contributed by atoms with van der Waals surface area (Å²) < 4.78 is 10.7. The summed E-state index contributed by atoms with van der Waals surface area (Å²) in [5.41, 5.74) is 1.65. The van der Waals surface area contributed by atoms with Gasteiger partial charge in [-0.25, -0.2) is 4.79 Å². The van der Waals surface area contributed by atoms with E-state index >= 15 is 0 Å². The van der Waals surface area contributed by atoms with Gasteiger partial charge in [-0.2, -0.15) is 0 Å². The highest BCUT2D eigenvalue weighted by atomic mass is 35.5. The van der Waals surface area contributed by atoms with Crippen molar-refractivity contribution in [2.45, 2.75) is 5.37 Å². The Labute approximate surface area is 156 Å². The standard InChI is InChI=1S/C18H19ClN2O3S/c1-23-15-8-12(9-16(11-15)24-2)17-21(6-7-25-17)18(22)20-14-5-3-4-13(19)10-14/h3-5,8-11,17H,6-7H2,1-2H3,(H,20,22)/t17-/m0/s1. The lowest BCUT2D eigenvalue weighted by atomic mass is 10.2. The van der Waals surface area contributed by atoms with Crippen molar-refractivity contribution in [3.8, 4) is 11.5 Å². The summed E-state index contributed by atoms with van der Waals surface area (Å²) in [4.78, 5) is 14.5. The number of methoxy groups -OCH3 is 2. The van der Waals surface area contributed by atoms with Crippen LogP contribution in [0.1, 0.15) is 10.9 Å². The Kier molecular flexibility index (Phi) is 5.60. The second kappa shape index (κ2) is 7.89. The molecule has 1 atom stereocenters. The summed E-state index contributed by atoms with van der Waals surface area (Å²) >= 11 is 7.69. The van der Waals surface area contributed by atoms with Crippen LogP contribution in [-0.2, 0) is 0 Å². The van der Waals surface area contributed by atoms with Crippen molar-refractivity contribution in [3.63, 3.8) is 0 Å².